The van der Waals surface area contributed by atoms with E-state index in [9.17, 15) is 4.79 Å². The van der Waals surface area contributed by atoms with Gasteiger partial charge in [0.2, 0.25) is 0 Å². The van der Waals surface area contributed by atoms with E-state index in [1.165, 1.54) is 29.7 Å². The lowest BCUT2D eigenvalue weighted by atomic mass is 9.56. The molecule has 2 heteroatoms. The fourth-order valence-electron chi connectivity index (χ4n) is 6.61. The van der Waals surface area contributed by atoms with Crippen molar-refractivity contribution < 1.29 is 4.79 Å². The normalized spacial score (nSPS) is 31.5. The monoisotopic (exact) mass is 345 g/mol. The summed E-state index contributed by atoms with van der Waals surface area (Å²) < 4.78 is 0. The van der Waals surface area contributed by atoms with Crippen LogP contribution in [0.1, 0.15) is 57.1 Å². The van der Waals surface area contributed by atoms with E-state index in [1.54, 1.807) is 0 Å². The van der Waals surface area contributed by atoms with Crippen molar-refractivity contribution in [2.24, 2.45) is 5.41 Å². The molecule has 2 atom stereocenters. The molecule has 1 unspecified atom stereocenters. The molecule has 2 saturated carbocycles. The topological polar surface area (TPSA) is 20.3 Å². The van der Waals surface area contributed by atoms with Gasteiger partial charge in [0.25, 0.3) is 0 Å². The van der Waals surface area contributed by atoms with Gasteiger partial charge in [0, 0.05) is 29.5 Å². The number of nitrogens with zero attached hydrogens (tertiary/aromatic N) is 1. The average molecular weight is 345 g/mol. The summed E-state index contributed by atoms with van der Waals surface area (Å²) in [5.41, 5.74) is 3.70. The number of ketones is 1. The van der Waals surface area contributed by atoms with Crippen LogP contribution in [-0.2, 0) is 16.8 Å². The summed E-state index contributed by atoms with van der Waals surface area (Å²) in [7, 11) is 0. The molecule has 3 aliphatic rings. The van der Waals surface area contributed by atoms with E-state index in [1.807, 2.05) is 0 Å². The lowest BCUT2D eigenvalue weighted by molar-refractivity contribution is -0.126. The number of rotatable bonds is 2. The Labute approximate surface area is 156 Å². The summed E-state index contributed by atoms with van der Waals surface area (Å²) in [6, 6.07) is 19.6. The zero-order chi connectivity index (χ0) is 18.0. The summed E-state index contributed by atoms with van der Waals surface area (Å²) in [5, 5.41) is 0. The summed E-state index contributed by atoms with van der Waals surface area (Å²) in [4.78, 5) is 15.9. The third kappa shape index (κ3) is 1.71. The Hall–Kier alpha value is -2.09. The summed E-state index contributed by atoms with van der Waals surface area (Å²) in [5.74, 6) is 0.451. The van der Waals surface area contributed by atoms with E-state index in [4.69, 9.17) is 0 Å². The highest BCUT2D eigenvalue weighted by Gasteiger charge is 2.74. The van der Waals surface area contributed by atoms with Gasteiger partial charge in [0.15, 0.2) is 0 Å². The molecule has 0 amide bonds. The first kappa shape index (κ1) is 16.1. The van der Waals surface area contributed by atoms with Crippen molar-refractivity contribution in [3.8, 4) is 0 Å². The second-order valence-electron chi connectivity index (χ2n) is 8.96. The molecule has 134 valence electrons. The fourth-order valence-corrected chi connectivity index (χ4v) is 6.61. The van der Waals surface area contributed by atoms with Crippen LogP contribution >= 0.6 is 0 Å². The molecule has 2 aliphatic carbocycles. The first-order valence-corrected chi connectivity index (χ1v) is 9.97. The molecule has 0 N–H and O–H groups in total. The van der Waals surface area contributed by atoms with Gasteiger partial charge in [0.05, 0.1) is 5.54 Å². The Morgan fingerprint density at radius 2 is 1.62 bits per heavy atom. The molecule has 2 aromatic carbocycles. The SMILES string of the molecule is CC1(C)C(=O)C[C@]23CCCCC12N(Cc1ccccc1)c1ccccc13. The Balaban J connectivity index is 1.76. The van der Waals surface area contributed by atoms with Crippen LogP contribution in [0.4, 0.5) is 5.69 Å². The predicted octanol–water partition coefficient (Wildman–Crippen LogP) is 5.26. The number of benzene rings is 2. The van der Waals surface area contributed by atoms with Gasteiger partial charge < -0.3 is 4.90 Å². The summed E-state index contributed by atoms with van der Waals surface area (Å²) >= 11 is 0. The molecule has 2 fully saturated rings. The van der Waals surface area contributed by atoms with Gasteiger partial charge >= 0.3 is 0 Å². The molecule has 0 aromatic heterocycles. The first-order valence-electron chi connectivity index (χ1n) is 9.97. The molecule has 0 saturated heterocycles. The minimum absolute atomic E-state index is 0.00277. The highest BCUT2D eigenvalue weighted by molar-refractivity contribution is 5.95. The molecule has 0 radical (unpaired) electrons. The molecule has 26 heavy (non-hydrogen) atoms. The highest BCUT2D eigenvalue weighted by atomic mass is 16.1. The Morgan fingerprint density at radius 1 is 0.923 bits per heavy atom. The number of hydrogen-bond donors (Lipinski definition) is 0. The predicted molar refractivity (Wildman–Crippen MR) is 105 cm³/mol. The van der Waals surface area contributed by atoms with Gasteiger partial charge in [-0.1, -0.05) is 75.2 Å². The molecule has 0 bridgehead atoms. The lowest BCUT2D eigenvalue weighted by Crippen LogP contribution is -2.63. The van der Waals surface area contributed by atoms with Gasteiger partial charge in [-0.3, -0.25) is 4.79 Å². The van der Waals surface area contributed by atoms with Crippen molar-refractivity contribution in [3.05, 3.63) is 65.7 Å². The van der Waals surface area contributed by atoms with Crippen molar-refractivity contribution >= 4 is 11.5 Å². The second-order valence-corrected chi connectivity index (χ2v) is 8.96. The van der Waals surface area contributed by atoms with Crippen molar-refractivity contribution in [1.29, 1.82) is 0 Å². The summed E-state index contributed by atoms with van der Waals surface area (Å²) in [6.45, 7) is 5.31. The van der Waals surface area contributed by atoms with Crippen LogP contribution in [0.5, 0.6) is 0 Å². The summed E-state index contributed by atoms with van der Waals surface area (Å²) in [6.07, 6.45) is 5.43. The molecule has 1 aliphatic heterocycles. The van der Waals surface area contributed by atoms with Crippen LogP contribution in [0.15, 0.2) is 54.6 Å². The zero-order valence-corrected chi connectivity index (χ0v) is 15.8. The Morgan fingerprint density at radius 3 is 2.42 bits per heavy atom. The average Bonchev–Trinajstić information content (AvgIpc) is 3.01. The van der Waals surface area contributed by atoms with Gasteiger partial charge in [0.1, 0.15) is 5.78 Å². The number of fused-ring (bicyclic) bond motifs is 1. The van der Waals surface area contributed by atoms with E-state index in [-0.39, 0.29) is 16.4 Å². The number of anilines is 1. The van der Waals surface area contributed by atoms with E-state index in [2.05, 4.69) is 73.3 Å². The third-order valence-electron chi connectivity index (χ3n) is 7.73. The number of carbonyl (C=O) groups is 1. The maximum absolute atomic E-state index is 13.2. The van der Waals surface area contributed by atoms with Crippen LogP contribution < -0.4 is 4.90 Å². The van der Waals surface area contributed by atoms with E-state index >= 15 is 0 Å². The number of Topliss-reactive ketones (excluding diaryl/α,β-unsaturated/α-hetero) is 1. The Bertz CT molecular complexity index is 871. The van der Waals surface area contributed by atoms with Gasteiger partial charge in [-0.15, -0.1) is 0 Å². The van der Waals surface area contributed by atoms with Crippen molar-refractivity contribution in [1.82, 2.24) is 0 Å². The van der Waals surface area contributed by atoms with Crippen molar-refractivity contribution in [2.75, 3.05) is 4.90 Å². The lowest BCUT2D eigenvalue weighted by Gasteiger charge is -2.55. The van der Waals surface area contributed by atoms with Gasteiger partial charge in [-0.25, -0.2) is 0 Å². The molecule has 1 heterocycles. The number of hydrogen-bond acceptors (Lipinski definition) is 2. The van der Waals surface area contributed by atoms with E-state index < -0.39 is 0 Å². The first-order chi connectivity index (χ1) is 12.5. The van der Waals surface area contributed by atoms with E-state index in [0.717, 1.165) is 19.4 Å². The maximum Gasteiger partial charge on any atom is 0.141 e. The maximum atomic E-state index is 13.2. The van der Waals surface area contributed by atoms with Crippen LogP contribution in [0.25, 0.3) is 0 Å². The molecule has 2 nitrogen and oxygen atoms in total. The standard InChI is InChI=1S/C24H27NO/c1-22(2)21(26)16-23-14-8-9-15-24(22,23)25(17-18-10-4-3-5-11-18)20-13-7-6-12-19(20)23/h3-7,10-13H,8-9,14-17H2,1-2H3/t23-,24?/m0/s1. The van der Waals surface area contributed by atoms with Gasteiger partial charge in [-0.2, -0.15) is 0 Å². The number of carbonyl (C=O) groups excluding carboxylic acids is 1. The van der Waals surface area contributed by atoms with Crippen LogP contribution in [-0.4, -0.2) is 11.3 Å². The van der Waals surface area contributed by atoms with E-state index in [0.29, 0.717) is 12.2 Å². The van der Waals surface area contributed by atoms with Crippen molar-refractivity contribution in [3.63, 3.8) is 0 Å². The Kier molecular flexibility index (Phi) is 3.23. The smallest absolute Gasteiger partial charge is 0.141 e. The highest BCUT2D eigenvalue weighted by Crippen LogP contribution is 2.70. The molecule has 2 aromatic rings. The third-order valence-corrected chi connectivity index (χ3v) is 7.73. The van der Waals surface area contributed by atoms with Crippen molar-refractivity contribution in [2.45, 2.75) is 63.5 Å². The second kappa shape index (κ2) is 5.22. The fraction of sp³-hybridized carbons (Fsp3) is 0.458. The number of para-hydroxylation sites is 1. The zero-order valence-electron chi connectivity index (χ0n) is 15.8. The minimum Gasteiger partial charge on any atom is -0.359 e. The molecule has 5 rings (SSSR count). The van der Waals surface area contributed by atoms with Crippen LogP contribution in [0.2, 0.25) is 0 Å². The minimum atomic E-state index is -0.318. The molecule has 0 spiro atoms. The quantitative estimate of drug-likeness (QED) is 0.740. The van der Waals surface area contributed by atoms with Crippen LogP contribution in [0, 0.1) is 5.41 Å². The van der Waals surface area contributed by atoms with Gasteiger partial charge in [-0.05, 0) is 30.0 Å². The molecular formula is C24H27NO. The molecular weight excluding hydrogens is 318 g/mol. The largest absolute Gasteiger partial charge is 0.359 e. The van der Waals surface area contributed by atoms with Crippen LogP contribution in [0.3, 0.4) is 0 Å².